The highest BCUT2D eigenvalue weighted by atomic mass is 35.5. The fraction of sp³-hybridized carbons (Fsp3) is 0.188. The van der Waals surface area contributed by atoms with Crippen molar-refractivity contribution in [1.29, 1.82) is 0 Å². The summed E-state index contributed by atoms with van der Waals surface area (Å²) in [5.74, 6) is -0.567. The Labute approximate surface area is 148 Å². The fourth-order valence-electron chi connectivity index (χ4n) is 1.99. The Morgan fingerprint density at radius 3 is 2.35 bits per heavy atom. The molecular formula is C16H14Cl3NO3. The van der Waals surface area contributed by atoms with Gasteiger partial charge in [0.25, 0.3) is 0 Å². The van der Waals surface area contributed by atoms with Crippen molar-refractivity contribution in [3.05, 3.63) is 56.5 Å². The Morgan fingerprint density at radius 1 is 1.13 bits per heavy atom. The second kappa shape index (κ2) is 7.77. The van der Waals surface area contributed by atoms with Crippen molar-refractivity contribution in [2.24, 2.45) is 0 Å². The number of aromatic carboxylic acids is 1. The Bertz CT molecular complexity index is 712. The molecule has 0 spiro atoms. The van der Waals surface area contributed by atoms with E-state index in [4.69, 9.17) is 44.6 Å². The van der Waals surface area contributed by atoms with Crippen molar-refractivity contribution < 1.29 is 14.6 Å². The molecule has 0 bridgehead atoms. The molecule has 0 saturated carbocycles. The zero-order valence-electron chi connectivity index (χ0n) is 12.2. The van der Waals surface area contributed by atoms with Crippen LogP contribution in [0.3, 0.4) is 0 Å². The third kappa shape index (κ3) is 4.44. The topological polar surface area (TPSA) is 58.6 Å². The average molecular weight is 375 g/mol. The summed E-state index contributed by atoms with van der Waals surface area (Å²) in [7, 11) is 0. The summed E-state index contributed by atoms with van der Waals surface area (Å²) in [6.45, 7) is 2.70. The molecule has 0 fully saturated rings. The number of hydrogen-bond acceptors (Lipinski definition) is 3. The number of halogens is 3. The lowest BCUT2D eigenvalue weighted by Crippen LogP contribution is -2.03. The fourth-order valence-corrected chi connectivity index (χ4v) is 2.81. The summed E-state index contributed by atoms with van der Waals surface area (Å²) >= 11 is 18.4. The van der Waals surface area contributed by atoms with Crippen LogP contribution >= 0.6 is 34.8 Å². The maximum Gasteiger partial charge on any atom is 0.335 e. The SMILES string of the molecule is CCOc1c(Cl)cc(CNc2cc(C(=O)O)ccc2Cl)cc1Cl. The molecule has 23 heavy (non-hydrogen) atoms. The largest absolute Gasteiger partial charge is 0.491 e. The Morgan fingerprint density at radius 2 is 1.78 bits per heavy atom. The second-order valence-electron chi connectivity index (χ2n) is 4.67. The minimum absolute atomic E-state index is 0.152. The van der Waals surface area contributed by atoms with Gasteiger partial charge >= 0.3 is 5.97 Å². The highest BCUT2D eigenvalue weighted by molar-refractivity contribution is 6.37. The number of carboxylic acids is 1. The molecule has 0 aliphatic rings. The van der Waals surface area contributed by atoms with Crippen LogP contribution < -0.4 is 10.1 Å². The van der Waals surface area contributed by atoms with E-state index < -0.39 is 5.97 Å². The minimum Gasteiger partial charge on any atom is -0.491 e. The first-order valence-corrected chi connectivity index (χ1v) is 7.93. The molecule has 2 N–H and O–H groups in total. The van der Waals surface area contributed by atoms with Crippen molar-refractivity contribution in [3.63, 3.8) is 0 Å². The van der Waals surface area contributed by atoms with Gasteiger partial charge in [-0.05, 0) is 42.8 Å². The highest BCUT2D eigenvalue weighted by Crippen LogP contribution is 2.34. The summed E-state index contributed by atoms with van der Waals surface area (Å²) in [6.07, 6.45) is 0. The van der Waals surface area contributed by atoms with Gasteiger partial charge in [0, 0.05) is 6.54 Å². The van der Waals surface area contributed by atoms with Crippen LogP contribution in [0.15, 0.2) is 30.3 Å². The number of anilines is 1. The number of ether oxygens (including phenoxy) is 1. The molecule has 2 aromatic carbocycles. The van der Waals surface area contributed by atoms with E-state index in [2.05, 4.69) is 5.32 Å². The Kier molecular flexibility index (Phi) is 5.99. The monoisotopic (exact) mass is 373 g/mol. The maximum atomic E-state index is 11.0. The van der Waals surface area contributed by atoms with Crippen LogP contribution in [-0.2, 0) is 6.54 Å². The Balaban J connectivity index is 2.18. The highest BCUT2D eigenvalue weighted by Gasteiger charge is 2.11. The summed E-state index contributed by atoms with van der Waals surface area (Å²) in [5, 5.41) is 13.4. The first-order chi connectivity index (χ1) is 10.9. The average Bonchev–Trinajstić information content (AvgIpc) is 2.50. The summed E-state index contributed by atoms with van der Waals surface area (Å²) in [4.78, 5) is 11.0. The van der Waals surface area contributed by atoms with E-state index in [9.17, 15) is 4.79 Å². The van der Waals surface area contributed by atoms with Gasteiger partial charge in [0.05, 0.1) is 32.9 Å². The van der Waals surface area contributed by atoms with Crippen molar-refractivity contribution in [2.45, 2.75) is 13.5 Å². The van der Waals surface area contributed by atoms with Crippen molar-refractivity contribution in [2.75, 3.05) is 11.9 Å². The van der Waals surface area contributed by atoms with Crippen molar-refractivity contribution in [1.82, 2.24) is 0 Å². The first-order valence-electron chi connectivity index (χ1n) is 6.79. The molecule has 0 heterocycles. The normalized spacial score (nSPS) is 10.4. The van der Waals surface area contributed by atoms with E-state index in [-0.39, 0.29) is 5.56 Å². The van der Waals surface area contributed by atoms with E-state index in [0.717, 1.165) is 5.56 Å². The van der Waals surface area contributed by atoms with E-state index >= 15 is 0 Å². The lowest BCUT2D eigenvalue weighted by Gasteiger charge is -2.12. The molecule has 0 saturated heterocycles. The number of carboxylic acid groups (broad SMARTS) is 1. The van der Waals surface area contributed by atoms with Crippen molar-refractivity contribution >= 4 is 46.5 Å². The molecule has 2 aromatic rings. The number of hydrogen-bond donors (Lipinski definition) is 2. The summed E-state index contributed by atoms with van der Waals surface area (Å²) < 4.78 is 5.38. The number of benzene rings is 2. The molecule has 0 amide bonds. The first kappa shape index (κ1) is 17.7. The zero-order valence-corrected chi connectivity index (χ0v) is 14.5. The van der Waals surface area contributed by atoms with E-state index in [1.165, 1.54) is 18.2 Å². The maximum absolute atomic E-state index is 11.0. The van der Waals surface area contributed by atoms with Gasteiger partial charge in [-0.25, -0.2) is 4.79 Å². The number of rotatable bonds is 6. The quantitative estimate of drug-likeness (QED) is 0.715. The molecule has 2 rings (SSSR count). The lowest BCUT2D eigenvalue weighted by molar-refractivity contribution is 0.0697. The summed E-state index contributed by atoms with van der Waals surface area (Å²) in [5.41, 5.74) is 1.49. The lowest BCUT2D eigenvalue weighted by atomic mass is 10.1. The number of nitrogens with one attached hydrogen (secondary N) is 1. The van der Waals surface area contributed by atoms with E-state index in [1.807, 2.05) is 6.92 Å². The molecule has 0 radical (unpaired) electrons. The van der Waals surface area contributed by atoms with E-state index in [0.29, 0.717) is 39.7 Å². The van der Waals surface area contributed by atoms with Gasteiger partial charge < -0.3 is 15.2 Å². The van der Waals surface area contributed by atoms with Crippen LogP contribution in [0.1, 0.15) is 22.8 Å². The third-order valence-corrected chi connectivity index (χ3v) is 3.93. The molecule has 0 aliphatic heterocycles. The van der Waals surface area contributed by atoms with Gasteiger partial charge in [-0.2, -0.15) is 0 Å². The predicted molar refractivity (Wildman–Crippen MR) is 93.4 cm³/mol. The minimum atomic E-state index is -1.02. The molecule has 0 aliphatic carbocycles. The van der Waals surface area contributed by atoms with Gasteiger partial charge in [0.15, 0.2) is 5.75 Å². The molecule has 0 atom stereocenters. The molecule has 4 nitrogen and oxygen atoms in total. The molecular weight excluding hydrogens is 361 g/mol. The van der Waals surface area contributed by atoms with Gasteiger partial charge in [-0.15, -0.1) is 0 Å². The van der Waals surface area contributed by atoms with Crippen LogP contribution in [0.25, 0.3) is 0 Å². The van der Waals surface area contributed by atoms with Gasteiger partial charge in [0.1, 0.15) is 0 Å². The molecule has 122 valence electrons. The number of carbonyl (C=O) groups is 1. The molecule has 0 unspecified atom stereocenters. The van der Waals surface area contributed by atoms with Crippen LogP contribution in [0, 0.1) is 0 Å². The van der Waals surface area contributed by atoms with E-state index in [1.54, 1.807) is 12.1 Å². The standard InChI is InChI=1S/C16H14Cl3NO3/c1-2-23-15-12(18)5-9(6-13(15)19)8-20-14-7-10(16(21)22)3-4-11(14)17/h3-7,20H,2,8H2,1H3,(H,21,22). The smallest absolute Gasteiger partial charge is 0.335 e. The summed E-state index contributed by atoms with van der Waals surface area (Å²) in [6, 6.07) is 7.93. The van der Waals surface area contributed by atoms with Crippen molar-refractivity contribution in [3.8, 4) is 5.75 Å². The van der Waals surface area contributed by atoms with Crippen LogP contribution in [0.5, 0.6) is 5.75 Å². The van der Waals surface area contributed by atoms with Crippen LogP contribution in [0.4, 0.5) is 5.69 Å². The second-order valence-corrected chi connectivity index (χ2v) is 5.90. The van der Waals surface area contributed by atoms with Gasteiger partial charge in [-0.3, -0.25) is 0 Å². The molecule has 0 aromatic heterocycles. The zero-order chi connectivity index (χ0) is 17.0. The predicted octanol–water partition coefficient (Wildman–Crippen LogP) is 5.36. The van der Waals surface area contributed by atoms with Crippen LogP contribution in [0.2, 0.25) is 15.1 Å². The Hall–Kier alpha value is -1.62. The third-order valence-electron chi connectivity index (χ3n) is 3.04. The van der Waals surface area contributed by atoms with Gasteiger partial charge in [-0.1, -0.05) is 34.8 Å². The van der Waals surface area contributed by atoms with Crippen LogP contribution in [-0.4, -0.2) is 17.7 Å². The van der Waals surface area contributed by atoms with Gasteiger partial charge in [0.2, 0.25) is 0 Å². The molecule has 7 heteroatoms.